The average Bonchev–Trinajstić information content (AvgIpc) is 3.31. The van der Waals surface area contributed by atoms with Gasteiger partial charge in [-0.25, -0.2) is 0 Å². The van der Waals surface area contributed by atoms with Crippen molar-refractivity contribution in [3.63, 3.8) is 0 Å². The summed E-state index contributed by atoms with van der Waals surface area (Å²) in [5, 5.41) is 0.847. The van der Waals surface area contributed by atoms with Crippen molar-refractivity contribution in [3.8, 4) is 5.75 Å². The van der Waals surface area contributed by atoms with E-state index in [0.29, 0.717) is 34.9 Å². The van der Waals surface area contributed by atoms with Crippen molar-refractivity contribution < 1.29 is 19.1 Å². The molecular formula is C16H19Cl2NO4. The van der Waals surface area contributed by atoms with Gasteiger partial charge in [-0.2, -0.15) is 0 Å². The maximum atomic E-state index is 12.3. The highest BCUT2D eigenvalue weighted by Gasteiger charge is 2.28. The van der Waals surface area contributed by atoms with Gasteiger partial charge in [-0.05, 0) is 37.8 Å². The number of rotatable bonds is 8. The summed E-state index contributed by atoms with van der Waals surface area (Å²) >= 11 is 11.9. The zero-order valence-electron chi connectivity index (χ0n) is 12.9. The van der Waals surface area contributed by atoms with Crippen LogP contribution < -0.4 is 4.74 Å². The summed E-state index contributed by atoms with van der Waals surface area (Å²) in [6, 6.07) is 4.79. The fourth-order valence-corrected chi connectivity index (χ4v) is 2.38. The van der Waals surface area contributed by atoms with Crippen molar-refractivity contribution in [3.05, 3.63) is 28.2 Å². The fraction of sp³-hybridized carbons (Fsp3) is 0.500. The Hall–Kier alpha value is -1.46. The summed E-state index contributed by atoms with van der Waals surface area (Å²) in [5.74, 6) is 0.112. The summed E-state index contributed by atoms with van der Waals surface area (Å²) in [6.45, 7) is 2.31. The molecule has 1 aromatic rings. The summed E-state index contributed by atoms with van der Waals surface area (Å²) in [6.07, 6.45) is 2.15. The molecule has 23 heavy (non-hydrogen) atoms. The van der Waals surface area contributed by atoms with Gasteiger partial charge in [0, 0.05) is 17.6 Å². The Morgan fingerprint density at radius 3 is 2.70 bits per heavy atom. The van der Waals surface area contributed by atoms with Gasteiger partial charge in [0.2, 0.25) is 0 Å². The van der Waals surface area contributed by atoms with Crippen LogP contribution in [0.5, 0.6) is 5.75 Å². The van der Waals surface area contributed by atoms with Gasteiger partial charge in [0.1, 0.15) is 12.3 Å². The molecule has 0 radical (unpaired) electrons. The Bertz CT molecular complexity index is 575. The van der Waals surface area contributed by atoms with Crippen molar-refractivity contribution >= 4 is 35.1 Å². The maximum Gasteiger partial charge on any atom is 0.325 e. The second-order valence-electron chi connectivity index (χ2n) is 5.39. The predicted molar refractivity (Wildman–Crippen MR) is 87.9 cm³/mol. The molecule has 0 saturated heterocycles. The lowest BCUT2D eigenvalue weighted by atomic mass is 10.3. The predicted octanol–water partition coefficient (Wildman–Crippen LogP) is 3.17. The zero-order chi connectivity index (χ0) is 16.8. The van der Waals surface area contributed by atoms with E-state index >= 15 is 0 Å². The fourth-order valence-electron chi connectivity index (χ4n) is 2.05. The van der Waals surface area contributed by atoms with Crippen LogP contribution in [0.2, 0.25) is 10.0 Å². The molecule has 0 bridgehead atoms. The minimum absolute atomic E-state index is 0.0597. The van der Waals surface area contributed by atoms with E-state index in [1.807, 2.05) is 0 Å². The van der Waals surface area contributed by atoms with E-state index in [4.69, 9.17) is 32.7 Å². The Labute approximate surface area is 145 Å². The Morgan fingerprint density at radius 2 is 2.04 bits per heavy atom. The zero-order valence-corrected chi connectivity index (χ0v) is 14.4. The molecule has 0 heterocycles. The minimum Gasteiger partial charge on any atom is -0.482 e. The maximum absolute atomic E-state index is 12.3. The molecule has 1 saturated carbocycles. The third-order valence-electron chi connectivity index (χ3n) is 3.40. The molecule has 1 fully saturated rings. The number of benzene rings is 1. The molecular weight excluding hydrogens is 341 g/mol. The van der Waals surface area contributed by atoms with E-state index in [1.165, 1.54) is 4.90 Å². The van der Waals surface area contributed by atoms with Gasteiger partial charge in [-0.15, -0.1) is 0 Å². The SMILES string of the molecule is CCOC(=O)CN(CC1CC1)C(=O)COc1cc(Cl)ccc1Cl. The van der Waals surface area contributed by atoms with Crippen LogP contribution in [0.4, 0.5) is 0 Å². The smallest absolute Gasteiger partial charge is 0.325 e. The molecule has 0 aromatic heterocycles. The largest absolute Gasteiger partial charge is 0.482 e. The van der Waals surface area contributed by atoms with E-state index in [0.717, 1.165) is 12.8 Å². The second kappa shape index (κ2) is 8.41. The van der Waals surface area contributed by atoms with E-state index in [1.54, 1.807) is 25.1 Å². The molecule has 126 valence electrons. The van der Waals surface area contributed by atoms with Crippen LogP contribution in [0.15, 0.2) is 18.2 Å². The van der Waals surface area contributed by atoms with Gasteiger partial charge in [0.15, 0.2) is 6.61 Å². The van der Waals surface area contributed by atoms with Gasteiger partial charge in [0.05, 0.1) is 11.6 Å². The first-order chi connectivity index (χ1) is 11.0. The minimum atomic E-state index is -0.415. The topological polar surface area (TPSA) is 55.8 Å². The first-order valence-electron chi connectivity index (χ1n) is 7.50. The molecule has 0 N–H and O–H groups in total. The monoisotopic (exact) mass is 359 g/mol. The average molecular weight is 360 g/mol. The highest BCUT2D eigenvalue weighted by atomic mass is 35.5. The summed E-state index contributed by atoms with van der Waals surface area (Å²) < 4.78 is 10.4. The number of esters is 1. The van der Waals surface area contributed by atoms with Crippen molar-refractivity contribution in [1.82, 2.24) is 4.90 Å². The van der Waals surface area contributed by atoms with Gasteiger partial charge in [-0.1, -0.05) is 23.2 Å². The highest BCUT2D eigenvalue weighted by molar-refractivity contribution is 6.34. The molecule has 2 rings (SSSR count). The van der Waals surface area contributed by atoms with Crippen LogP contribution in [0.25, 0.3) is 0 Å². The van der Waals surface area contributed by atoms with Crippen LogP contribution in [0.3, 0.4) is 0 Å². The van der Waals surface area contributed by atoms with Crippen LogP contribution in [-0.4, -0.2) is 43.1 Å². The molecule has 1 aromatic carbocycles. The quantitative estimate of drug-likeness (QED) is 0.669. The van der Waals surface area contributed by atoms with Crippen molar-refractivity contribution in [2.75, 3.05) is 26.3 Å². The lowest BCUT2D eigenvalue weighted by molar-refractivity contribution is -0.149. The Morgan fingerprint density at radius 1 is 1.30 bits per heavy atom. The van der Waals surface area contributed by atoms with Gasteiger partial charge in [0.25, 0.3) is 5.91 Å². The van der Waals surface area contributed by atoms with E-state index in [-0.39, 0.29) is 19.1 Å². The number of amides is 1. The van der Waals surface area contributed by atoms with E-state index in [2.05, 4.69) is 0 Å². The van der Waals surface area contributed by atoms with Crippen LogP contribution in [-0.2, 0) is 14.3 Å². The van der Waals surface area contributed by atoms with Crippen LogP contribution in [0, 0.1) is 5.92 Å². The third-order valence-corrected chi connectivity index (χ3v) is 3.95. The Kier molecular flexibility index (Phi) is 6.54. The first-order valence-corrected chi connectivity index (χ1v) is 8.26. The standard InChI is InChI=1S/C16H19Cl2NO4/c1-2-22-16(21)9-19(8-11-3-4-11)15(20)10-23-14-7-12(17)5-6-13(14)18/h5-7,11H,2-4,8-10H2,1H3. The molecule has 1 aliphatic rings. The molecule has 0 unspecified atom stereocenters. The normalized spacial score (nSPS) is 13.5. The number of nitrogens with zero attached hydrogens (tertiary/aromatic N) is 1. The second-order valence-corrected chi connectivity index (χ2v) is 6.23. The van der Waals surface area contributed by atoms with Crippen molar-refractivity contribution in [2.45, 2.75) is 19.8 Å². The number of halogens is 2. The van der Waals surface area contributed by atoms with Gasteiger partial charge in [-0.3, -0.25) is 9.59 Å². The van der Waals surface area contributed by atoms with Crippen LogP contribution >= 0.6 is 23.2 Å². The molecule has 0 aliphatic heterocycles. The molecule has 1 aliphatic carbocycles. The summed E-state index contributed by atoms with van der Waals surface area (Å²) in [5.41, 5.74) is 0. The summed E-state index contributed by atoms with van der Waals surface area (Å²) in [7, 11) is 0. The number of hydrogen-bond acceptors (Lipinski definition) is 4. The lowest BCUT2D eigenvalue weighted by Crippen LogP contribution is -2.40. The number of carbonyl (C=O) groups excluding carboxylic acids is 2. The Balaban J connectivity index is 1.93. The third kappa shape index (κ3) is 5.92. The van der Waals surface area contributed by atoms with E-state index in [9.17, 15) is 9.59 Å². The highest BCUT2D eigenvalue weighted by Crippen LogP contribution is 2.30. The van der Waals surface area contributed by atoms with Crippen molar-refractivity contribution in [1.29, 1.82) is 0 Å². The molecule has 5 nitrogen and oxygen atoms in total. The number of hydrogen-bond donors (Lipinski definition) is 0. The molecule has 0 spiro atoms. The van der Waals surface area contributed by atoms with Crippen molar-refractivity contribution in [2.24, 2.45) is 5.92 Å². The number of ether oxygens (including phenoxy) is 2. The lowest BCUT2D eigenvalue weighted by Gasteiger charge is -2.21. The van der Waals surface area contributed by atoms with Gasteiger partial charge >= 0.3 is 5.97 Å². The van der Waals surface area contributed by atoms with E-state index < -0.39 is 5.97 Å². The molecule has 0 atom stereocenters. The molecule has 1 amide bonds. The van der Waals surface area contributed by atoms with Gasteiger partial charge < -0.3 is 14.4 Å². The molecule has 7 heteroatoms. The first kappa shape index (κ1) is 17.9. The van der Waals surface area contributed by atoms with Crippen LogP contribution in [0.1, 0.15) is 19.8 Å². The number of carbonyl (C=O) groups is 2. The summed E-state index contributed by atoms with van der Waals surface area (Å²) in [4.78, 5) is 25.5.